The molecule has 0 spiro atoms. The van der Waals surface area contributed by atoms with Crippen LogP contribution in [0.15, 0.2) is 48.5 Å². The van der Waals surface area contributed by atoms with E-state index in [9.17, 15) is 26.8 Å². The molecule has 10 heteroatoms. The zero-order chi connectivity index (χ0) is 26.7. The summed E-state index contributed by atoms with van der Waals surface area (Å²) in [6, 6.07) is 10.1. The van der Waals surface area contributed by atoms with Gasteiger partial charge in [-0.15, -0.1) is 0 Å². The largest absolute Gasteiger partial charge is 0.354 e. The topological polar surface area (TPSA) is 86.8 Å². The van der Waals surface area contributed by atoms with E-state index in [-0.39, 0.29) is 37.7 Å². The van der Waals surface area contributed by atoms with Gasteiger partial charge in [0.2, 0.25) is 21.8 Å². The highest BCUT2D eigenvalue weighted by molar-refractivity contribution is 7.92. The number of hydrogen-bond donors (Lipinski definition) is 1. The number of nitrogens with one attached hydrogen (secondary N) is 1. The zero-order valence-corrected chi connectivity index (χ0v) is 21.9. The van der Waals surface area contributed by atoms with E-state index in [1.54, 1.807) is 12.1 Å². The van der Waals surface area contributed by atoms with Crippen LogP contribution in [0.3, 0.4) is 0 Å². The van der Waals surface area contributed by atoms with E-state index in [2.05, 4.69) is 5.32 Å². The molecule has 0 fully saturated rings. The predicted molar refractivity (Wildman–Crippen MR) is 137 cm³/mol. The minimum atomic E-state index is -3.66. The number of nitrogens with zero attached hydrogens (tertiary/aromatic N) is 2. The molecule has 7 nitrogen and oxygen atoms in total. The van der Waals surface area contributed by atoms with Gasteiger partial charge in [-0.05, 0) is 61.2 Å². The van der Waals surface area contributed by atoms with Crippen molar-refractivity contribution in [2.24, 2.45) is 0 Å². The van der Waals surface area contributed by atoms with Crippen LogP contribution in [0.5, 0.6) is 0 Å². The second kappa shape index (κ2) is 13.9. The number of rotatable bonds is 14. The smallest absolute Gasteiger partial charge is 0.242 e. The average molecular weight is 524 g/mol. The Morgan fingerprint density at radius 1 is 0.944 bits per heavy atom. The number of halogens is 2. The number of hydrogen-bond acceptors (Lipinski definition) is 4. The summed E-state index contributed by atoms with van der Waals surface area (Å²) in [6.07, 6.45) is 3.35. The molecule has 2 amide bonds. The van der Waals surface area contributed by atoms with Gasteiger partial charge in [0.15, 0.2) is 0 Å². The molecule has 0 bridgehead atoms. The molecule has 0 aliphatic carbocycles. The SMILES string of the molecule is CCCCNC(=O)[C@H](CC)N(Cc1ccc(F)cc1)C(=O)CCCN(c1ccc(F)cc1)S(C)(=O)=O. The van der Waals surface area contributed by atoms with Crippen molar-refractivity contribution in [1.29, 1.82) is 0 Å². The standard InChI is InChI=1S/C26H35F2N3O4S/c1-4-6-17-29-26(33)24(5-2)30(19-20-9-11-21(27)12-10-20)25(32)8-7-18-31(36(3,34)35)23-15-13-22(28)14-16-23/h9-16,24H,4-8,17-19H2,1-3H3,(H,29,33)/t24-/m0/s1. The van der Waals surface area contributed by atoms with Crippen molar-refractivity contribution in [3.63, 3.8) is 0 Å². The summed E-state index contributed by atoms with van der Waals surface area (Å²) in [5.74, 6) is -1.46. The number of carbonyl (C=O) groups is 2. The monoisotopic (exact) mass is 523 g/mol. The Balaban J connectivity index is 2.18. The summed E-state index contributed by atoms with van der Waals surface area (Å²) in [7, 11) is -3.66. The van der Waals surface area contributed by atoms with Gasteiger partial charge in [0, 0.05) is 26.1 Å². The molecule has 1 atom stereocenters. The first kappa shape index (κ1) is 29.2. The van der Waals surface area contributed by atoms with Gasteiger partial charge < -0.3 is 10.2 Å². The van der Waals surface area contributed by atoms with Crippen LogP contribution >= 0.6 is 0 Å². The highest BCUT2D eigenvalue weighted by Crippen LogP contribution is 2.20. The summed E-state index contributed by atoms with van der Waals surface area (Å²) in [6.45, 7) is 4.46. The highest BCUT2D eigenvalue weighted by Gasteiger charge is 2.28. The van der Waals surface area contributed by atoms with E-state index in [1.807, 2.05) is 13.8 Å². The fourth-order valence-electron chi connectivity index (χ4n) is 3.82. The lowest BCUT2D eigenvalue weighted by atomic mass is 10.1. The van der Waals surface area contributed by atoms with Gasteiger partial charge in [0.05, 0.1) is 11.9 Å². The number of carbonyl (C=O) groups excluding carboxylic acids is 2. The minimum Gasteiger partial charge on any atom is -0.354 e. The number of amides is 2. The maximum Gasteiger partial charge on any atom is 0.242 e. The fourth-order valence-corrected chi connectivity index (χ4v) is 4.79. The van der Waals surface area contributed by atoms with Crippen LogP contribution in [-0.4, -0.2) is 50.5 Å². The Bertz CT molecular complexity index is 1090. The van der Waals surface area contributed by atoms with Crippen molar-refractivity contribution in [3.05, 3.63) is 65.7 Å². The van der Waals surface area contributed by atoms with E-state index in [1.165, 1.54) is 41.3 Å². The Morgan fingerprint density at radius 3 is 2.06 bits per heavy atom. The molecule has 2 aromatic rings. The third-order valence-electron chi connectivity index (χ3n) is 5.75. The van der Waals surface area contributed by atoms with Crippen molar-refractivity contribution >= 4 is 27.5 Å². The Hall–Kier alpha value is -3.01. The Morgan fingerprint density at radius 2 is 1.53 bits per heavy atom. The maximum absolute atomic E-state index is 13.4. The zero-order valence-electron chi connectivity index (χ0n) is 21.0. The molecule has 1 N–H and O–H groups in total. The molecular formula is C26H35F2N3O4S. The third-order valence-corrected chi connectivity index (χ3v) is 6.94. The van der Waals surface area contributed by atoms with Crippen LogP contribution in [0.25, 0.3) is 0 Å². The van der Waals surface area contributed by atoms with Crippen molar-refractivity contribution in [1.82, 2.24) is 10.2 Å². The minimum absolute atomic E-state index is 0.00680. The van der Waals surface area contributed by atoms with Crippen LogP contribution in [0.1, 0.15) is 51.5 Å². The van der Waals surface area contributed by atoms with E-state index in [4.69, 9.17) is 0 Å². The Labute approximate surface area is 212 Å². The van der Waals surface area contributed by atoms with Crippen molar-refractivity contribution < 1.29 is 26.8 Å². The molecule has 0 saturated carbocycles. The molecule has 0 heterocycles. The van der Waals surface area contributed by atoms with E-state index < -0.39 is 27.7 Å². The van der Waals surface area contributed by atoms with E-state index in [0.717, 1.165) is 23.4 Å². The molecule has 36 heavy (non-hydrogen) atoms. The number of benzene rings is 2. The first-order valence-electron chi connectivity index (χ1n) is 12.1. The normalized spacial score (nSPS) is 12.1. The molecule has 0 aliphatic rings. The summed E-state index contributed by atoms with van der Waals surface area (Å²) in [5, 5.41) is 2.87. The van der Waals surface area contributed by atoms with Gasteiger partial charge >= 0.3 is 0 Å². The van der Waals surface area contributed by atoms with Crippen molar-refractivity contribution in [2.75, 3.05) is 23.7 Å². The fraction of sp³-hybridized carbons (Fsp3) is 0.462. The molecule has 2 rings (SSSR count). The number of anilines is 1. The molecule has 0 radical (unpaired) electrons. The third kappa shape index (κ3) is 8.89. The molecule has 0 unspecified atom stereocenters. The number of sulfonamides is 1. The van der Waals surface area contributed by atoms with Gasteiger partial charge in [-0.3, -0.25) is 13.9 Å². The van der Waals surface area contributed by atoms with Gasteiger partial charge in [-0.2, -0.15) is 0 Å². The lowest BCUT2D eigenvalue weighted by molar-refractivity contribution is -0.141. The van der Waals surface area contributed by atoms with Crippen molar-refractivity contribution in [2.45, 2.75) is 58.5 Å². The average Bonchev–Trinajstić information content (AvgIpc) is 2.83. The first-order valence-corrected chi connectivity index (χ1v) is 14.0. The van der Waals surface area contributed by atoms with Crippen LogP contribution in [0.2, 0.25) is 0 Å². The van der Waals surface area contributed by atoms with Crippen LogP contribution in [0.4, 0.5) is 14.5 Å². The van der Waals surface area contributed by atoms with E-state index in [0.29, 0.717) is 24.2 Å². The van der Waals surface area contributed by atoms with Crippen LogP contribution in [0, 0.1) is 11.6 Å². The second-order valence-corrected chi connectivity index (χ2v) is 10.5. The predicted octanol–water partition coefficient (Wildman–Crippen LogP) is 4.23. The van der Waals surface area contributed by atoms with Crippen LogP contribution in [-0.2, 0) is 26.2 Å². The summed E-state index contributed by atoms with van der Waals surface area (Å²) >= 11 is 0. The summed E-state index contributed by atoms with van der Waals surface area (Å²) in [4.78, 5) is 27.7. The summed E-state index contributed by atoms with van der Waals surface area (Å²) in [5.41, 5.74) is 0.977. The first-order chi connectivity index (χ1) is 17.1. The van der Waals surface area contributed by atoms with Gasteiger partial charge in [0.25, 0.3) is 0 Å². The van der Waals surface area contributed by atoms with E-state index >= 15 is 0 Å². The number of unbranched alkanes of at least 4 members (excludes halogenated alkanes) is 1. The molecule has 0 aliphatic heterocycles. The highest BCUT2D eigenvalue weighted by atomic mass is 32.2. The lowest BCUT2D eigenvalue weighted by Crippen LogP contribution is -2.49. The molecule has 198 valence electrons. The van der Waals surface area contributed by atoms with Crippen LogP contribution < -0.4 is 9.62 Å². The molecule has 0 aromatic heterocycles. The van der Waals surface area contributed by atoms with Gasteiger partial charge in [-0.25, -0.2) is 17.2 Å². The van der Waals surface area contributed by atoms with Crippen molar-refractivity contribution in [3.8, 4) is 0 Å². The second-order valence-electron chi connectivity index (χ2n) is 8.63. The van der Waals surface area contributed by atoms with Gasteiger partial charge in [-0.1, -0.05) is 32.4 Å². The molecular weight excluding hydrogens is 488 g/mol. The van der Waals surface area contributed by atoms with Gasteiger partial charge in [0.1, 0.15) is 17.7 Å². The maximum atomic E-state index is 13.4. The summed E-state index contributed by atoms with van der Waals surface area (Å²) < 4.78 is 52.4. The Kier molecular flexibility index (Phi) is 11.3. The quantitative estimate of drug-likeness (QED) is 0.376. The molecule has 2 aromatic carbocycles. The lowest BCUT2D eigenvalue weighted by Gasteiger charge is -2.31. The molecule has 0 saturated heterocycles.